The normalized spacial score (nSPS) is 18.9. The Morgan fingerprint density at radius 2 is 2.11 bits per heavy atom. The van der Waals surface area contributed by atoms with Gasteiger partial charge in [0.25, 0.3) is 0 Å². The van der Waals surface area contributed by atoms with Crippen LogP contribution in [0.2, 0.25) is 0 Å². The molecule has 1 N–H and O–H groups in total. The van der Waals surface area contributed by atoms with E-state index in [1.54, 1.807) is 6.26 Å². The predicted octanol–water partition coefficient (Wildman–Crippen LogP) is 3.41. The highest BCUT2D eigenvalue weighted by molar-refractivity contribution is 4.98. The van der Waals surface area contributed by atoms with Crippen LogP contribution >= 0.6 is 0 Å². The molecule has 1 aromatic heterocycles. The second kappa shape index (κ2) is 7.11. The lowest BCUT2D eigenvalue weighted by Crippen LogP contribution is -2.47. The summed E-state index contributed by atoms with van der Waals surface area (Å²) >= 11 is 0. The second-order valence-corrected chi connectivity index (χ2v) is 5.79. The fourth-order valence-corrected chi connectivity index (χ4v) is 3.20. The molecule has 0 spiro atoms. The third kappa shape index (κ3) is 4.08. The van der Waals surface area contributed by atoms with Gasteiger partial charge < -0.3 is 9.73 Å². The predicted molar refractivity (Wildman–Crippen MR) is 79.2 cm³/mol. The molecule has 0 unspecified atom stereocenters. The summed E-state index contributed by atoms with van der Waals surface area (Å²) in [5.74, 6) is 1.07. The van der Waals surface area contributed by atoms with Crippen LogP contribution in [0.3, 0.4) is 0 Å². The van der Waals surface area contributed by atoms with Crippen molar-refractivity contribution in [1.29, 1.82) is 0 Å². The number of furan rings is 1. The van der Waals surface area contributed by atoms with Crippen molar-refractivity contribution in [2.75, 3.05) is 20.1 Å². The Bertz CT molecular complexity index is 342. The van der Waals surface area contributed by atoms with E-state index >= 15 is 0 Å². The van der Waals surface area contributed by atoms with Crippen LogP contribution in [0.25, 0.3) is 0 Å². The first-order valence-electron chi connectivity index (χ1n) is 7.72. The number of nitrogens with one attached hydrogen (secondary N) is 1. The summed E-state index contributed by atoms with van der Waals surface area (Å²) in [4.78, 5) is 2.48. The Balaban J connectivity index is 1.84. The first-order valence-corrected chi connectivity index (χ1v) is 7.72. The van der Waals surface area contributed by atoms with Gasteiger partial charge >= 0.3 is 0 Å². The standard InChI is InChI=1S/C16H28N2O/c1-3-18(14-15-8-7-13-19-15)12-11-16(17-2)9-5-4-6-10-16/h7-8,13,17H,3-6,9-12,14H2,1-2H3. The summed E-state index contributed by atoms with van der Waals surface area (Å²) in [7, 11) is 2.13. The van der Waals surface area contributed by atoms with Gasteiger partial charge in [-0.25, -0.2) is 0 Å². The molecule has 0 aliphatic heterocycles. The minimum absolute atomic E-state index is 0.384. The van der Waals surface area contributed by atoms with Gasteiger partial charge in [0.1, 0.15) is 5.76 Å². The van der Waals surface area contributed by atoms with Gasteiger partial charge in [0.05, 0.1) is 12.8 Å². The van der Waals surface area contributed by atoms with E-state index in [-0.39, 0.29) is 0 Å². The molecular weight excluding hydrogens is 236 g/mol. The minimum Gasteiger partial charge on any atom is -0.468 e. The zero-order chi connectivity index (χ0) is 13.6. The van der Waals surface area contributed by atoms with E-state index < -0.39 is 0 Å². The minimum atomic E-state index is 0.384. The lowest BCUT2D eigenvalue weighted by Gasteiger charge is -2.38. The third-order valence-electron chi connectivity index (χ3n) is 4.65. The van der Waals surface area contributed by atoms with Crippen LogP contribution in [0.1, 0.15) is 51.2 Å². The molecule has 1 fully saturated rings. The molecule has 1 aromatic rings. The van der Waals surface area contributed by atoms with E-state index in [1.165, 1.54) is 38.5 Å². The Morgan fingerprint density at radius 3 is 2.68 bits per heavy atom. The van der Waals surface area contributed by atoms with Crippen LogP contribution in [-0.2, 0) is 6.54 Å². The fourth-order valence-electron chi connectivity index (χ4n) is 3.20. The molecule has 0 atom stereocenters. The molecule has 0 bridgehead atoms. The monoisotopic (exact) mass is 264 g/mol. The van der Waals surface area contributed by atoms with Crippen LogP contribution in [-0.4, -0.2) is 30.6 Å². The smallest absolute Gasteiger partial charge is 0.117 e. The van der Waals surface area contributed by atoms with Crippen molar-refractivity contribution in [3.63, 3.8) is 0 Å². The molecule has 108 valence electrons. The summed E-state index contributed by atoms with van der Waals surface area (Å²) in [5, 5.41) is 3.61. The summed E-state index contributed by atoms with van der Waals surface area (Å²) < 4.78 is 5.45. The fraction of sp³-hybridized carbons (Fsp3) is 0.750. The van der Waals surface area contributed by atoms with Gasteiger partial charge in [0.2, 0.25) is 0 Å². The molecule has 0 saturated heterocycles. The molecule has 0 aromatic carbocycles. The Hall–Kier alpha value is -0.800. The largest absolute Gasteiger partial charge is 0.468 e. The van der Waals surface area contributed by atoms with E-state index in [1.807, 2.05) is 6.07 Å². The maximum absolute atomic E-state index is 5.45. The average Bonchev–Trinajstić information content (AvgIpc) is 2.97. The topological polar surface area (TPSA) is 28.4 Å². The Kier molecular flexibility index (Phi) is 5.46. The van der Waals surface area contributed by atoms with E-state index in [0.717, 1.165) is 25.4 Å². The summed E-state index contributed by atoms with van der Waals surface area (Å²) in [5.41, 5.74) is 0.384. The van der Waals surface area contributed by atoms with Crippen LogP contribution in [0.15, 0.2) is 22.8 Å². The van der Waals surface area contributed by atoms with Crippen molar-refractivity contribution in [2.45, 2.75) is 57.5 Å². The van der Waals surface area contributed by atoms with E-state index in [0.29, 0.717) is 5.54 Å². The molecule has 19 heavy (non-hydrogen) atoms. The zero-order valence-electron chi connectivity index (χ0n) is 12.5. The quantitative estimate of drug-likeness (QED) is 0.818. The van der Waals surface area contributed by atoms with Gasteiger partial charge in [0.15, 0.2) is 0 Å². The van der Waals surface area contributed by atoms with E-state index in [2.05, 4.69) is 30.3 Å². The third-order valence-corrected chi connectivity index (χ3v) is 4.65. The van der Waals surface area contributed by atoms with E-state index in [4.69, 9.17) is 4.42 Å². The molecule has 1 saturated carbocycles. The maximum atomic E-state index is 5.45. The first kappa shape index (κ1) is 14.6. The van der Waals surface area contributed by atoms with Gasteiger partial charge in [-0.2, -0.15) is 0 Å². The summed E-state index contributed by atoms with van der Waals surface area (Å²) in [6.45, 7) is 5.40. The maximum Gasteiger partial charge on any atom is 0.117 e. The summed E-state index contributed by atoms with van der Waals surface area (Å²) in [6, 6.07) is 4.04. The van der Waals surface area contributed by atoms with Gasteiger partial charge in [-0.3, -0.25) is 4.90 Å². The molecule has 3 nitrogen and oxygen atoms in total. The van der Waals surface area contributed by atoms with Crippen molar-refractivity contribution >= 4 is 0 Å². The van der Waals surface area contributed by atoms with E-state index in [9.17, 15) is 0 Å². The van der Waals surface area contributed by atoms with Crippen LogP contribution in [0.4, 0.5) is 0 Å². The zero-order valence-corrected chi connectivity index (χ0v) is 12.5. The number of rotatable bonds is 7. The molecule has 3 heteroatoms. The Morgan fingerprint density at radius 1 is 1.32 bits per heavy atom. The second-order valence-electron chi connectivity index (χ2n) is 5.79. The molecular formula is C16H28N2O. The SMILES string of the molecule is CCN(CCC1(NC)CCCCC1)Cc1ccco1. The lowest BCUT2D eigenvalue weighted by atomic mass is 9.79. The number of hydrogen-bond acceptors (Lipinski definition) is 3. The van der Waals surface area contributed by atoms with Gasteiger partial charge in [-0.05, 0) is 45.0 Å². The van der Waals surface area contributed by atoms with Gasteiger partial charge in [0, 0.05) is 12.1 Å². The van der Waals surface area contributed by atoms with Crippen LogP contribution in [0, 0.1) is 0 Å². The molecule has 0 amide bonds. The van der Waals surface area contributed by atoms with Crippen LogP contribution < -0.4 is 5.32 Å². The molecule has 1 aliphatic rings. The molecule has 2 rings (SSSR count). The van der Waals surface area contributed by atoms with Crippen molar-refractivity contribution < 1.29 is 4.42 Å². The molecule has 0 radical (unpaired) electrons. The highest BCUT2D eigenvalue weighted by atomic mass is 16.3. The van der Waals surface area contributed by atoms with Gasteiger partial charge in [-0.1, -0.05) is 26.2 Å². The average molecular weight is 264 g/mol. The number of hydrogen-bond donors (Lipinski definition) is 1. The molecule has 1 heterocycles. The van der Waals surface area contributed by atoms with Crippen molar-refractivity contribution in [3.8, 4) is 0 Å². The highest BCUT2D eigenvalue weighted by Gasteiger charge is 2.30. The molecule has 1 aliphatic carbocycles. The van der Waals surface area contributed by atoms with Crippen molar-refractivity contribution in [2.24, 2.45) is 0 Å². The lowest BCUT2D eigenvalue weighted by molar-refractivity contribution is 0.176. The van der Waals surface area contributed by atoms with Crippen molar-refractivity contribution in [3.05, 3.63) is 24.2 Å². The van der Waals surface area contributed by atoms with Gasteiger partial charge in [-0.15, -0.1) is 0 Å². The summed E-state index contributed by atoms with van der Waals surface area (Å²) in [6.07, 6.45) is 9.85. The highest BCUT2D eigenvalue weighted by Crippen LogP contribution is 2.31. The Labute approximate surface area is 117 Å². The van der Waals surface area contributed by atoms with Crippen LogP contribution in [0.5, 0.6) is 0 Å². The first-order chi connectivity index (χ1) is 9.28. The number of nitrogens with zero attached hydrogens (tertiary/aromatic N) is 1. The van der Waals surface area contributed by atoms with Crippen molar-refractivity contribution in [1.82, 2.24) is 10.2 Å².